The first-order chi connectivity index (χ1) is 11.9. The first kappa shape index (κ1) is 17.3. The summed E-state index contributed by atoms with van der Waals surface area (Å²) in [5, 5.41) is 0. The van der Waals surface area contributed by atoms with Gasteiger partial charge in [0.15, 0.2) is 5.78 Å². The van der Waals surface area contributed by atoms with E-state index in [1.165, 1.54) is 11.8 Å². The summed E-state index contributed by atoms with van der Waals surface area (Å²) in [6, 6.07) is 5.98. The van der Waals surface area contributed by atoms with Crippen molar-refractivity contribution in [2.24, 2.45) is 11.7 Å². The van der Waals surface area contributed by atoms with Crippen LogP contribution in [0, 0.1) is 5.92 Å². The Hall–Kier alpha value is -2.54. The molecular weight excluding hydrogens is 322 g/mol. The molecule has 3 rings (SSSR count). The lowest BCUT2D eigenvalue weighted by molar-refractivity contribution is -0.124. The zero-order valence-electron chi connectivity index (χ0n) is 14.1. The number of hydrogen-bond donors (Lipinski definition) is 1. The van der Waals surface area contributed by atoms with E-state index in [2.05, 4.69) is 0 Å². The summed E-state index contributed by atoms with van der Waals surface area (Å²) in [5.74, 6) is -1.03. The van der Waals surface area contributed by atoms with Crippen molar-refractivity contribution in [3.8, 4) is 0 Å². The van der Waals surface area contributed by atoms with E-state index in [0.717, 1.165) is 0 Å². The van der Waals surface area contributed by atoms with Crippen LogP contribution >= 0.6 is 0 Å². The number of nitrogens with zero attached hydrogens (tertiary/aromatic N) is 2. The summed E-state index contributed by atoms with van der Waals surface area (Å²) in [6.07, 6.45) is 1.36. The molecule has 1 atom stereocenters. The normalized spacial score (nSPS) is 22.4. The molecule has 0 aromatic heterocycles. The molecule has 0 radical (unpaired) electrons. The molecular formula is C18H21N3O4. The van der Waals surface area contributed by atoms with Crippen molar-refractivity contribution in [1.82, 2.24) is 4.90 Å². The van der Waals surface area contributed by atoms with Gasteiger partial charge >= 0.3 is 0 Å². The number of rotatable bonds is 4. The fourth-order valence-corrected chi connectivity index (χ4v) is 3.51. The molecule has 2 fully saturated rings. The SMILES string of the molecule is CC(=O)c1ccc(N2C(=O)C[C@@H](N3CCC(C(N)=O)CC3)C2=O)cc1. The number of Topliss-reactive ketones (excluding diaryl/α,β-unsaturated/α-hetero) is 1. The number of nitrogens with two attached hydrogens (primary N) is 1. The third-order valence-corrected chi connectivity index (χ3v) is 5.03. The number of likely N-dealkylation sites (tertiary alicyclic amines) is 1. The van der Waals surface area contributed by atoms with Crippen molar-refractivity contribution >= 4 is 29.2 Å². The van der Waals surface area contributed by atoms with E-state index in [4.69, 9.17) is 5.73 Å². The van der Waals surface area contributed by atoms with Crippen LogP contribution in [0.4, 0.5) is 5.69 Å². The second-order valence-corrected chi connectivity index (χ2v) is 6.60. The highest BCUT2D eigenvalue weighted by Gasteiger charge is 2.43. The van der Waals surface area contributed by atoms with Gasteiger partial charge in [-0.05, 0) is 57.1 Å². The molecule has 132 valence electrons. The Bertz CT molecular complexity index is 720. The Labute approximate surface area is 145 Å². The van der Waals surface area contributed by atoms with Crippen LogP contribution in [0.1, 0.15) is 36.5 Å². The predicted octanol–water partition coefficient (Wildman–Crippen LogP) is 0.718. The zero-order valence-corrected chi connectivity index (χ0v) is 14.1. The molecule has 0 spiro atoms. The van der Waals surface area contributed by atoms with Crippen LogP contribution in [0.3, 0.4) is 0 Å². The molecule has 7 heteroatoms. The van der Waals surface area contributed by atoms with Crippen LogP contribution in [0.25, 0.3) is 0 Å². The van der Waals surface area contributed by atoms with Crippen LogP contribution in [0.5, 0.6) is 0 Å². The predicted molar refractivity (Wildman–Crippen MR) is 90.8 cm³/mol. The van der Waals surface area contributed by atoms with Gasteiger partial charge in [-0.1, -0.05) is 0 Å². The van der Waals surface area contributed by atoms with Gasteiger partial charge in [-0.15, -0.1) is 0 Å². The van der Waals surface area contributed by atoms with E-state index < -0.39 is 6.04 Å². The molecule has 2 aliphatic rings. The van der Waals surface area contributed by atoms with Gasteiger partial charge in [0.1, 0.15) is 0 Å². The number of anilines is 1. The summed E-state index contributed by atoms with van der Waals surface area (Å²) in [4.78, 5) is 50.9. The Balaban J connectivity index is 1.72. The molecule has 0 bridgehead atoms. The maximum atomic E-state index is 12.8. The highest BCUT2D eigenvalue weighted by molar-refractivity contribution is 6.22. The second-order valence-electron chi connectivity index (χ2n) is 6.60. The van der Waals surface area contributed by atoms with E-state index in [1.54, 1.807) is 24.3 Å². The first-order valence-corrected chi connectivity index (χ1v) is 8.39. The molecule has 1 aromatic carbocycles. The van der Waals surface area contributed by atoms with Gasteiger partial charge in [-0.3, -0.25) is 24.1 Å². The molecule has 0 saturated carbocycles. The zero-order chi connectivity index (χ0) is 18.1. The van der Waals surface area contributed by atoms with Crippen LogP contribution in [0.15, 0.2) is 24.3 Å². The van der Waals surface area contributed by atoms with E-state index in [1.807, 2.05) is 4.90 Å². The minimum Gasteiger partial charge on any atom is -0.369 e. The minimum atomic E-state index is -0.492. The number of amides is 3. The van der Waals surface area contributed by atoms with Crippen LogP contribution in [0.2, 0.25) is 0 Å². The van der Waals surface area contributed by atoms with Crippen molar-refractivity contribution in [3.63, 3.8) is 0 Å². The molecule has 25 heavy (non-hydrogen) atoms. The fraction of sp³-hybridized carbons (Fsp3) is 0.444. The van der Waals surface area contributed by atoms with Crippen LogP contribution < -0.4 is 10.6 Å². The molecule has 3 amide bonds. The number of piperidine rings is 1. The third kappa shape index (κ3) is 3.32. The summed E-state index contributed by atoms with van der Waals surface area (Å²) in [5.41, 5.74) is 6.35. The van der Waals surface area contributed by atoms with Crippen LogP contribution in [-0.2, 0) is 14.4 Å². The van der Waals surface area contributed by atoms with Crippen molar-refractivity contribution in [2.75, 3.05) is 18.0 Å². The number of benzene rings is 1. The second kappa shape index (κ2) is 6.76. The minimum absolute atomic E-state index is 0.0687. The standard InChI is InChI=1S/C18H21N3O4/c1-11(22)12-2-4-14(5-3-12)21-16(23)10-15(18(21)25)20-8-6-13(7-9-20)17(19)24/h2-5,13,15H,6-10H2,1H3,(H2,19,24)/t15-/m1/s1. The molecule has 2 N–H and O–H groups in total. The number of imide groups is 1. The van der Waals surface area contributed by atoms with Crippen molar-refractivity contribution in [2.45, 2.75) is 32.2 Å². The number of hydrogen-bond acceptors (Lipinski definition) is 5. The number of primary amides is 1. The van der Waals surface area contributed by atoms with Crippen LogP contribution in [-0.4, -0.2) is 47.5 Å². The summed E-state index contributed by atoms with van der Waals surface area (Å²) in [7, 11) is 0. The molecule has 2 saturated heterocycles. The average Bonchev–Trinajstić information content (AvgIpc) is 2.89. The smallest absolute Gasteiger partial charge is 0.251 e. The van der Waals surface area contributed by atoms with E-state index >= 15 is 0 Å². The molecule has 2 heterocycles. The lowest BCUT2D eigenvalue weighted by Crippen LogP contribution is -2.47. The van der Waals surface area contributed by atoms with Crippen molar-refractivity contribution in [3.05, 3.63) is 29.8 Å². The molecule has 0 aliphatic carbocycles. The van der Waals surface area contributed by atoms with Gasteiger partial charge < -0.3 is 5.73 Å². The largest absolute Gasteiger partial charge is 0.369 e. The highest BCUT2D eigenvalue weighted by Crippen LogP contribution is 2.28. The van der Waals surface area contributed by atoms with Gasteiger partial charge in [0.05, 0.1) is 18.2 Å². The first-order valence-electron chi connectivity index (χ1n) is 8.39. The number of carbonyl (C=O) groups is 4. The van der Waals surface area contributed by atoms with Gasteiger partial charge in [-0.25, -0.2) is 4.90 Å². The maximum absolute atomic E-state index is 12.8. The van der Waals surface area contributed by atoms with Crippen molar-refractivity contribution in [1.29, 1.82) is 0 Å². The summed E-state index contributed by atoms with van der Waals surface area (Å²) < 4.78 is 0. The van der Waals surface area contributed by atoms with Gasteiger partial charge in [0, 0.05) is 11.5 Å². The van der Waals surface area contributed by atoms with E-state index in [-0.39, 0.29) is 35.8 Å². The fourth-order valence-electron chi connectivity index (χ4n) is 3.51. The highest BCUT2D eigenvalue weighted by atomic mass is 16.2. The molecule has 1 aromatic rings. The average molecular weight is 343 g/mol. The van der Waals surface area contributed by atoms with Gasteiger partial charge in [0.25, 0.3) is 5.91 Å². The Morgan fingerprint density at radius 2 is 1.68 bits per heavy atom. The quantitative estimate of drug-likeness (QED) is 0.641. The Kier molecular flexibility index (Phi) is 4.67. The van der Waals surface area contributed by atoms with Gasteiger partial charge in [0.2, 0.25) is 11.8 Å². The Morgan fingerprint density at radius 1 is 1.08 bits per heavy atom. The van der Waals surface area contributed by atoms with E-state index in [0.29, 0.717) is 37.2 Å². The topological polar surface area (TPSA) is 101 Å². The molecule has 0 unspecified atom stereocenters. The lowest BCUT2D eigenvalue weighted by atomic mass is 9.95. The third-order valence-electron chi connectivity index (χ3n) is 5.03. The van der Waals surface area contributed by atoms with Crippen molar-refractivity contribution < 1.29 is 19.2 Å². The number of carbonyl (C=O) groups excluding carboxylic acids is 4. The monoisotopic (exact) mass is 343 g/mol. The summed E-state index contributed by atoms with van der Waals surface area (Å²) in [6.45, 7) is 2.62. The number of ketones is 1. The van der Waals surface area contributed by atoms with Gasteiger partial charge in [-0.2, -0.15) is 0 Å². The summed E-state index contributed by atoms with van der Waals surface area (Å²) >= 11 is 0. The Morgan fingerprint density at radius 3 is 2.20 bits per heavy atom. The van der Waals surface area contributed by atoms with E-state index in [9.17, 15) is 19.2 Å². The lowest BCUT2D eigenvalue weighted by Gasteiger charge is -2.33. The maximum Gasteiger partial charge on any atom is 0.251 e. The molecule has 2 aliphatic heterocycles. The molecule has 7 nitrogen and oxygen atoms in total.